The van der Waals surface area contributed by atoms with Gasteiger partial charge in [-0.05, 0) is 40.0 Å². The van der Waals surface area contributed by atoms with Crippen molar-refractivity contribution in [2.45, 2.75) is 59.1 Å². The average Bonchev–Trinajstić information content (AvgIpc) is 2.60. The fraction of sp³-hybridized carbons (Fsp3) is 0.684. The number of aryl methyl sites for hydroxylation is 1. The fourth-order valence-electron chi connectivity index (χ4n) is 3.92. The van der Waals surface area contributed by atoms with Gasteiger partial charge in [0.05, 0.1) is 30.2 Å². The van der Waals surface area contributed by atoms with Crippen LogP contribution < -0.4 is 0 Å². The third-order valence-corrected chi connectivity index (χ3v) is 5.19. The Kier molecular flexibility index (Phi) is 5.44. The molecule has 0 N–H and O–H groups in total. The summed E-state index contributed by atoms with van der Waals surface area (Å²) in [6.45, 7) is 8.14. The summed E-state index contributed by atoms with van der Waals surface area (Å²) in [5, 5.41) is 0. The third-order valence-electron chi connectivity index (χ3n) is 5.19. The fourth-order valence-corrected chi connectivity index (χ4v) is 3.92. The second kappa shape index (κ2) is 7.60. The lowest BCUT2D eigenvalue weighted by atomic mass is 9.73. The van der Waals surface area contributed by atoms with Gasteiger partial charge in [0, 0.05) is 37.7 Å². The van der Waals surface area contributed by atoms with Gasteiger partial charge in [-0.25, -0.2) is 4.79 Å². The van der Waals surface area contributed by atoms with Crippen LogP contribution in [0.5, 0.6) is 0 Å². The number of hydrogen-bond acceptors (Lipinski definition) is 5. The van der Waals surface area contributed by atoms with Crippen LogP contribution in [0.3, 0.4) is 0 Å². The molecular weight excluding hydrogens is 332 g/mol. The quantitative estimate of drug-likeness (QED) is 0.828. The summed E-state index contributed by atoms with van der Waals surface area (Å²) in [7, 11) is 0. The minimum atomic E-state index is -0.244. The summed E-state index contributed by atoms with van der Waals surface area (Å²) in [6.07, 6.45) is 6.42. The third kappa shape index (κ3) is 4.31. The van der Waals surface area contributed by atoms with Crippen LogP contribution in [0.25, 0.3) is 0 Å². The Bertz CT molecular complexity index is 661. The lowest BCUT2D eigenvalue weighted by Gasteiger charge is -2.47. The summed E-state index contributed by atoms with van der Waals surface area (Å²) in [6, 6.07) is 0. The van der Waals surface area contributed by atoms with Gasteiger partial charge < -0.3 is 14.5 Å². The Morgan fingerprint density at radius 2 is 2.08 bits per heavy atom. The molecule has 1 spiro atoms. The van der Waals surface area contributed by atoms with Gasteiger partial charge in [0.1, 0.15) is 0 Å². The summed E-state index contributed by atoms with van der Waals surface area (Å²) >= 11 is 0. The molecule has 0 bridgehead atoms. The normalized spacial score (nSPS) is 23.6. The van der Waals surface area contributed by atoms with Gasteiger partial charge in [-0.3, -0.25) is 14.8 Å². The van der Waals surface area contributed by atoms with Gasteiger partial charge >= 0.3 is 6.09 Å². The molecule has 7 heteroatoms. The van der Waals surface area contributed by atoms with Crippen molar-refractivity contribution in [1.82, 2.24) is 19.8 Å². The van der Waals surface area contributed by atoms with E-state index < -0.39 is 0 Å². The predicted molar refractivity (Wildman–Crippen MR) is 96.3 cm³/mol. The highest BCUT2D eigenvalue weighted by atomic mass is 16.6. The molecule has 2 aliphatic rings. The molecule has 2 saturated heterocycles. The van der Waals surface area contributed by atoms with Crippen LogP contribution in [0.2, 0.25) is 0 Å². The van der Waals surface area contributed by atoms with Crippen molar-refractivity contribution in [2.24, 2.45) is 5.41 Å². The Morgan fingerprint density at radius 3 is 2.77 bits per heavy atom. The van der Waals surface area contributed by atoms with Crippen LogP contribution in [0.4, 0.5) is 4.79 Å². The predicted octanol–water partition coefficient (Wildman–Crippen LogP) is 2.53. The zero-order chi connectivity index (χ0) is 18.7. The molecule has 3 rings (SSSR count). The molecule has 3 heterocycles. The summed E-state index contributed by atoms with van der Waals surface area (Å²) in [5.41, 5.74) is 1.62. The van der Waals surface area contributed by atoms with E-state index in [2.05, 4.69) is 9.97 Å². The number of ether oxygens (including phenoxy) is 1. The van der Waals surface area contributed by atoms with Crippen LogP contribution in [0, 0.1) is 12.3 Å². The van der Waals surface area contributed by atoms with Crippen molar-refractivity contribution in [3.8, 4) is 0 Å². The van der Waals surface area contributed by atoms with Gasteiger partial charge in [0.15, 0.2) is 0 Å². The maximum atomic E-state index is 12.4. The summed E-state index contributed by atoms with van der Waals surface area (Å²) in [5.74, 6) is 0.153. The lowest BCUT2D eigenvalue weighted by molar-refractivity contribution is -0.140. The minimum absolute atomic E-state index is 0.0414. The van der Waals surface area contributed by atoms with Crippen molar-refractivity contribution in [1.29, 1.82) is 0 Å². The number of piperidine rings is 2. The number of nitrogens with zero attached hydrogens (tertiary/aromatic N) is 4. The Labute approximate surface area is 154 Å². The highest BCUT2D eigenvalue weighted by molar-refractivity contribution is 5.77. The Morgan fingerprint density at radius 1 is 1.27 bits per heavy atom. The van der Waals surface area contributed by atoms with Crippen LogP contribution in [0.1, 0.15) is 50.9 Å². The van der Waals surface area contributed by atoms with E-state index in [1.165, 1.54) is 0 Å². The van der Waals surface area contributed by atoms with Crippen molar-refractivity contribution in [3.63, 3.8) is 0 Å². The van der Waals surface area contributed by atoms with Gasteiger partial charge in [0.25, 0.3) is 0 Å². The molecule has 26 heavy (non-hydrogen) atoms. The van der Waals surface area contributed by atoms with E-state index in [9.17, 15) is 9.59 Å². The zero-order valence-corrected chi connectivity index (χ0v) is 15.9. The monoisotopic (exact) mass is 360 g/mol. The van der Waals surface area contributed by atoms with E-state index in [-0.39, 0.29) is 23.5 Å². The molecule has 0 aromatic carbocycles. The molecule has 2 amide bonds. The van der Waals surface area contributed by atoms with Crippen LogP contribution >= 0.6 is 0 Å². The first kappa shape index (κ1) is 18.6. The SMILES string of the molecule is Cc1cnc(CN2C[C@]3(CCCN(C(=O)OC(C)C)C3)CCC2=O)cn1. The molecule has 7 nitrogen and oxygen atoms in total. The number of carbonyl (C=O) groups excluding carboxylic acids is 2. The molecular formula is C19H28N4O3. The number of likely N-dealkylation sites (tertiary alicyclic amines) is 2. The van der Waals surface area contributed by atoms with E-state index in [0.717, 1.165) is 37.2 Å². The molecule has 1 aromatic rings. The van der Waals surface area contributed by atoms with Crippen molar-refractivity contribution in [3.05, 3.63) is 23.8 Å². The van der Waals surface area contributed by atoms with E-state index in [4.69, 9.17) is 4.74 Å². The summed E-state index contributed by atoms with van der Waals surface area (Å²) in [4.78, 5) is 37.1. The molecule has 1 atom stereocenters. The van der Waals surface area contributed by atoms with Crippen LogP contribution in [-0.2, 0) is 16.1 Å². The molecule has 2 fully saturated rings. The Balaban J connectivity index is 1.68. The lowest BCUT2D eigenvalue weighted by Crippen LogP contribution is -2.55. The first-order valence-corrected chi connectivity index (χ1v) is 9.38. The Hall–Kier alpha value is -2.18. The van der Waals surface area contributed by atoms with Crippen molar-refractivity contribution in [2.75, 3.05) is 19.6 Å². The van der Waals surface area contributed by atoms with Gasteiger partial charge in [0.2, 0.25) is 5.91 Å². The first-order chi connectivity index (χ1) is 12.4. The molecule has 142 valence electrons. The highest BCUT2D eigenvalue weighted by Crippen LogP contribution is 2.39. The largest absolute Gasteiger partial charge is 0.447 e. The maximum absolute atomic E-state index is 12.4. The van der Waals surface area contributed by atoms with Gasteiger partial charge in [-0.15, -0.1) is 0 Å². The van der Waals surface area contributed by atoms with E-state index in [1.54, 1.807) is 12.4 Å². The number of aromatic nitrogens is 2. The molecule has 1 aromatic heterocycles. The maximum Gasteiger partial charge on any atom is 0.410 e. The molecule has 0 unspecified atom stereocenters. The second-order valence-electron chi connectivity index (χ2n) is 7.86. The number of amides is 2. The van der Waals surface area contributed by atoms with Crippen LogP contribution in [-0.4, -0.2) is 57.5 Å². The molecule has 0 aliphatic carbocycles. The van der Waals surface area contributed by atoms with E-state index in [0.29, 0.717) is 26.1 Å². The number of carbonyl (C=O) groups is 2. The standard InChI is InChI=1S/C19H28N4O3/c1-14(2)26-18(25)22-8-4-6-19(12-22)7-5-17(24)23(13-19)11-16-10-20-15(3)9-21-16/h9-10,14H,4-8,11-13H2,1-3H3/t19-/m1/s1. The first-order valence-electron chi connectivity index (χ1n) is 9.38. The number of hydrogen-bond donors (Lipinski definition) is 0. The van der Waals surface area contributed by atoms with Gasteiger partial charge in [-0.2, -0.15) is 0 Å². The van der Waals surface area contributed by atoms with E-state index >= 15 is 0 Å². The minimum Gasteiger partial charge on any atom is -0.447 e. The van der Waals surface area contributed by atoms with Crippen molar-refractivity contribution < 1.29 is 14.3 Å². The smallest absolute Gasteiger partial charge is 0.410 e. The zero-order valence-electron chi connectivity index (χ0n) is 15.9. The molecule has 2 aliphatic heterocycles. The average molecular weight is 360 g/mol. The van der Waals surface area contributed by atoms with Crippen molar-refractivity contribution >= 4 is 12.0 Å². The topological polar surface area (TPSA) is 75.6 Å². The molecule has 0 saturated carbocycles. The number of rotatable bonds is 3. The van der Waals surface area contributed by atoms with Crippen LogP contribution in [0.15, 0.2) is 12.4 Å². The van der Waals surface area contributed by atoms with Gasteiger partial charge in [-0.1, -0.05) is 0 Å². The highest BCUT2D eigenvalue weighted by Gasteiger charge is 2.43. The second-order valence-corrected chi connectivity index (χ2v) is 7.86. The van der Waals surface area contributed by atoms with E-state index in [1.807, 2.05) is 30.6 Å². The molecule has 0 radical (unpaired) electrons. The summed E-state index contributed by atoms with van der Waals surface area (Å²) < 4.78 is 5.37.